The lowest BCUT2D eigenvalue weighted by molar-refractivity contribution is -0.555. The molecule has 1 amide bonds. The van der Waals surface area contributed by atoms with Crippen LogP contribution in [0.1, 0.15) is 27.7 Å². The lowest BCUT2D eigenvalue weighted by Gasteiger charge is -2.25. The Bertz CT molecular complexity index is 1230. The Hall–Kier alpha value is -3.84. The van der Waals surface area contributed by atoms with Crippen LogP contribution in [0.2, 0.25) is 0 Å². The summed E-state index contributed by atoms with van der Waals surface area (Å²) in [5.41, 5.74) is 5.50. The summed E-state index contributed by atoms with van der Waals surface area (Å²) in [4.78, 5) is 47.2. The van der Waals surface area contributed by atoms with Gasteiger partial charge in [-0.2, -0.15) is 9.66 Å². The van der Waals surface area contributed by atoms with E-state index in [1.54, 1.807) is 18.2 Å². The topological polar surface area (TPSA) is 182 Å². The summed E-state index contributed by atoms with van der Waals surface area (Å²) < 4.78 is 47.8. The molecule has 3 N–H and O–H groups in total. The van der Waals surface area contributed by atoms with Crippen molar-refractivity contribution in [3.63, 3.8) is 0 Å². The second kappa shape index (κ2) is 15.2. The van der Waals surface area contributed by atoms with Gasteiger partial charge in [0.25, 0.3) is 0 Å². The predicted molar refractivity (Wildman–Crippen MR) is 144 cm³/mol. The zero-order valence-electron chi connectivity index (χ0n) is 23.4. The number of amides is 1. The number of hydrogen-bond acceptors (Lipinski definition) is 11. The van der Waals surface area contributed by atoms with Gasteiger partial charge in [-0.15, -0.1) is 0 Å². The van der Waals surface area contributed by atoms with Gasteiger partial charge in [-0.25, -0.2) is 4.57 Å². The Balaban J connectivity index is 2.36. The largest absolute Gasteiger partial charge is 0.468 e. The van der Waals surface area contributed by atoms with Crippen LogP contribution in [0, 0.1) is 0 Å². The average molecular weight is 597 g/mol. The number of nitrogens with two attached hydrogens (primary N) is 1. The number of para-hydroxylation sites is 1. The molecule has 1 heterocycles. The molecule has 224 valence electrons. The number of hydrogen-bond donors (Lipinski definition) is 2. The molecule has 6 atom stereocenters. The Morgan fingerprint density at radius 1 is 1.12 bits per heavy atom. The van der Waals surface area contributed by atoms with Gasteiger partial charge in [-0.3, -0.25) is 23.7 Å². The number of nitrogens with zero attached hydrogens (tertiary/aromatic N) is 1. The second-order valence-corrected chi connectivity index (χ2v) is 10.5. The molecule has 14 nitrogen and oxygen atoms in total. The van der Waals surface area contributed by atoms with Crippen molar-refractivity contribution in [1.29, 1.82) is 0 Å². The van der Waals surface area contributed by atoms with Crippen LogP contribution in [0.3, 0.4) is 0 Å². The Morgan fingerprint density at radius 3 is 2.29 bits per heavy atom. The molecule has 41 heavy (non-hydrogen) atoms. The van der Waals surface area contributed by atoms with E-state index in [0.717, 1.165) is 13.8 Å². The number of rotatable bonds is 14. The van der Waals surface area contributed by atoms with E-state index in [1.807, 2.05) is 0 Å². The molecule has 2 rings (SSSR count). The summed E-state index contributed by atoms with van der Waals surface area (Å²) >= 11 is 0. The molecular weight excluding hydrogens is 561 g/mol. The van der Waals surface area contributed by atoms with Gasteiger partial charge >= 0.3 is 31.9 Å². The minimum atomic E-state index is -4.28. The average Bonchev–Trinajstić information content (AvgIpc) is 3.22. The Labute approximate surface area is 237 Å². The maximum atomic E-state index is 13.7. The predicted octanol–water partition coefficient (Wildman–Crippen LogP) is 1.59. The van der Waals surface area contributed by atoms with Crippen LogP contribution in [0.15, 0.2) is 54.3 Å². The summed E-state index contributed by atoms with van der Waals surface area (Å²) in [7, 11) is -3.11. The molecule has 0 saturated carbocycles. The number of ether oxygens (including phenoxy) is 4. The molecule has 0 aliphatic carbocycles. The monoisotopic (exact) mass is 596 g/mol. The normalized spacial score (nSPS) is 22.8. The highest BCUT2D eigenvalue weighted by Crippen LogP contribution is 2.46. The quantitative estimate of drug-likeness (QED) is 0.0603. The molecule has 0 spiro atoms. The standard InChI is InChI=1S/C26H34N3O11P/c1-16(24(27)32)11-10-14-29(5)25-23(38-19(4)31)22(37-18(3)30)21(39-25)15-36-41(34,28-17(2)26(33)35-6)40-20-12-8-7-9-13-20/h7-14,17,21-23,25H,5,15H2,1-4,6H3,(H2-,27,28,32,34)/p+1/b14-10-,16-11+/t17-,21+,22+,23+,25+,41?/m0/s1. The molecule has 1 fully saturated rings. The fourth-order valence-electron chi connectivity index (χ4n) is 3.57. The number of esters is 3. The molecule has 1 saturated heterocycles. The Morgan fingerprint density at radius 2 is 1.73 bits per heavy atom. The molecular formula is C26H35N3O11P+. The molecule has 1 aliphatic heterocycles. The first-order valence-corrected chi connectivity index (χ1v) is 13.9. The summed E-state index contributed by atoms with van der Waals surface area (Å²) in [6, 6.07) is 6.97. The van der Waals surface area contributed by atoms with Gasteiger partial charge in [-0.1, -0.05) is 18.2 Å². The maximum Gasteiger partial charge on any atom is 0.459 e. The summed E-state index contributed by atoms with van der Waals surface area (Å²) in [6.07, 6.45) is -0.332. The van der Waals surface area contributed by atoms with Crippen molar-refractivity contribution in [2.75, 3.05) is 13.7 Å². The molecule has 0 aromatic heterocycles. The van der Waals surface area contributed by atoms with Crippen molar-refractivity contribution in [2.24, 2.45) is 5.73 Å². The molecule has 0 radical (unpaired) electrons. The van der Waals surface area contributed by atoms with Crippen LogP contribution >= 0.6 is 7.75 Å². The highest BCUT2D eigenvalue weighted by Gasteiger charge is 2.55. The number of primary amides is 1. The van der Waals surface area contributed by atoms with E-state index < -0.39 is 68.8 Å². The summed E-state index contributed by atoms with van der Waals surface area (Å²) in [5.74, 6) is -2.59. The lowest BCUT2D eigenvalue weighted by Crippen LogP contribution is -2.43. The van der Waals surface area contributed by atoms with Gasteiger partial charge in [0.2, 0.25) is 12.0 Å². The van der Waals surface area contributed by atoms with Crippen LogP contribution in [-0.4, -0.2) is 79.4 Å². The van der Waals surface area contributed by atoms with Gasteiger partial charge < -0.3 is 29.2 Å². The van der Waals surface area contributed by atoms with Crippen molar-refractivity contribution < 1.29 is 56.3 Å². The zero-order chi connectivity index (χ0) is 30.7. The van der Waals surface area contributed by atoms with Crippen molar-refractivity contribution in [2.45, 2.75) is 58.3 Å². The van der Waals surface area contributed by atoms with Crippen LogP contribution in [0.25, 0.3) is 0 Å². The molecule has 1 unspecified atom stereocenters. The Kier molecular flexibility index (Phi) is 12.4. The van der Waals surface area contributed by atoms with Crippen molar-refractivity contribution in [3.8, 4) is 5.75 Å². The van der Waals surface area contributed by atoms with E-state index in [-0.39, 0.29) is 11.3 Å². The van der Waals surface area contributed by atoms with Crippen LogP contribution in [0.4, 0.5) is 0 Å². The van der Waals surface area contributed by atoms with Gasteiger partial charge in [0.1, 0.15) is 24.6 Å². The molecule has 0 bridgehead atoms. The number of carbonyl (C=O) groups is 4. The third-order valence-corrected chi connectivity index (χ3v) is 7.16. The van der Waals surface area contributed by atoms with Crippen molar-refractivity contribution in [1.82, 2.24) is 5.09 Å². The fourth-order valence-corrected chi connectivity index (χ4v) is 5.08. The van der Waals surface area contributed by atoms with Gasteiger partial charge in [-0.05, 0) is 32.1 Å². The molecule has 1 aliphatic rings. The highest BCUT2D eigenvalue weighted by molar-refractivity contribution is 7.52. The molecule has 1 aromatic rings. The minimum Gasteiger partial charge on any atom is -0.468 e. The number of nitrogens with one attached hydrogen (secondary N) is 1. The summed E-state index contributed by atoms with van der Waals surface area (Å²) in [5, 5.41) is 2.51. The first-order valence-electron chi connectivity index (χ1n) is 12.3. The molecule has 1 aromatic carbocycles. The zero-order valence-corrected chi connectivity index (χ0v) is 24.3. The van der Waals surface area contributed by atoms with E-state index in [9.17, 15) is 23.7 Å². The SMILES string of the molecule is C=[N+](/C=C\C=C(/C)C(N)=O)[C@@H]1O[C@H](COP(=O)(N[C@@H](C)C(=O)OC)Oc2ccccc2)[C@@H](OC(C)=O)[C@H]1OC(C)=O. The first kappa shape index (κ1) is 33.4. The van der Waals surface area contributed by atoms with Crippen molar-refractivity contribution >= 4 is 38.3 Å². The third-order valence-electron chi connectivity index (χ3n) is 5.51. The second-order valence-electron chi connectivity index (χ2n) is 8.85. The number of benzene rings is 1. The van der Waals surface area contributed by atoms with Gasteiger partial charge in [0.05, 0.1) is 13.7 Å². The molecule has 15 heteroatoms. The summed E-state index contributed by atoms with van der Waals surface area (Å²) in [6.45, 7) is 8.59. The maximum absolute atomic E-state index is 13.7. The lowest BCUT2D eigenvalue weighted by atomic mass is 10.1. The van der Waals surface area contributed by atoms with Crippen LogP contribution < -0.4 is 15.3 Å². The van der Waals surface area contributed by atoms with Crippen LogP contribution in [0.5, 0.6) is 5.75 Å². The van der Waals surface area contributed by atoms with E-state index in [0.29, 0.717) is 0 Å². The highest BCUT2D eigenvalue weighted by atomic mass is 31.2. The van der Waals surface area contributed by atoms with E-state index in [2.05, 4.69) is 16.5 Å². The number of allylic oxidation sites excluding steroid dienone is 2. The minimum absolute atomic E-state index is 0.174. The van der Waals surface area contributed by atoms with Gasteiger partial charge in [0.15, 0.2) is 12.3 Å². The number of methoxy groups -OCH3 is 1. The van der Waals surface area contributed by atoms with Crippen LogP contribution in [-0.2, 0) is 47.2 Å². The van der Waals surface area contributed by atoms with E-state index in [4.69, 9.17) is 29.0 Å². The fraction of sp³-hybridized carbons (Fsp3) is 0.423. The van der Waals surface area contributed by atoms with E-state index in [1.165, 1.54) is 56.0 Å². The van der Waals surface area contributed by atoms with Crippen molar-refractivity contribution in [3.05, 3.63) is 54.3 Å². The smallest absolute Gasteiger partial charge is 0.459 e. The van der Waals surface area contributed by atoms with Gasteiger partial charge in [0, 0.05) is 25.5 Å². The third kappa shape index (κ3) is 10.3. The first-order chi connectivity index (χ1) is 19.3. The van der Waals surface area contributed by atoms with E-state index >= 15 is 0 Å². The number of carbonyl (C=O) groups excluding carboxylic acids is 4.